The van der Waals surface area contributed by atoms with Crippen LogP contribution >= 0.6 is 0 Å². The second-order valence-electron chi connectivity index (χ2n) is 15.7. The van der Waals surface area contributed by atoms with Gasteiger partial charge in [-0.2, -0.15) is 0 Å². The highest BCUT2D eigenvalue weighted by Gasteiger charge is 2.21. The van der Waals surface area contributed by atoms with Crippen LogP contribution in [0.15, 0.2) is 0 Å². The summed E-state index contributed by atoms with van der Waals surface area (Å²) in [6, 6.07) is -0.592. The van der Waals surface area contributed by atoms with Crippen molar-refractivity contribution in [1.82, 2.24) is 21.3 Å². The number of amides is 4. The molecular weight excluding hydrogens is 640 g/mol. The summed E-state index contributed by atoms with van der Waals surface area (Å²) in [7, 11) is 0. The number of hydrogen-bond donors (Lipinski definition) is 4. The van der Waals surface area contributed by atoms with E-state index < -0.39 is 0 Å². The molecule has 0 saturated carbocycles. The molecule has 0 aliphatic carbocycles. The Kier molecular flexibility index (Phi) is 30.7. The van der Waals surface area contributed by atoms with Crippen LogP contribution in [0.1, 0.15) is 196 Å². The maximum Gasteiger partial charge on any atom is 0.222 e. The Morgan fingerprint density at radius 2 is 0.745 bits per heavy atom. The molecule has 4 N–H and O–H groups in total. The van der Waals surface area contributed by atoms with Gasteiger partial charge < -0.3 is 21.3 Å². The van der Waals surface area contributed by atoms with Crippen LogP contribution in [0.5, 0.6) is 0 Å². The van der Waals surface area contributed by atoms with E-state index in [0.29, 0.717) is 57.0 Å². The predicted molar refractivity (Wildman–Crippen MR) is 211 cm³/mol. The van der Waals surface area contributed by atoms with E-state index in [-0.39, 0.29) is 60.3 Å². The highest BCUT2D eigenvalue weighted by molar-refractivity contribution is 5.81. The topological polar surface area (TPSA) is 133 Å². The van der Waals surface area contributed by atoms with Gasteiger partial charge in [-0.25, -0.2) is 0 Å². The van der Waals surface area contributed by atoms with Crippen LogP contribution in [0.4, 0.5) is 0 Å². The number of hydrogen-bond acceptors (Lipinski definition) is 5. The highest BCUT2D eigenvalue weighted by Crippen LogP contribution is 2.16. The number of unbranched alkanes of at least 4 members (excludes halogenated alkanes) is 8. The molecule has 0 spiro atoms. The quantitative estimate of drug-likeness (QED) is 0.0494. The van der Waals surface area contributed by atoms with Gasteiger partial charge in [0.1, 0.15) is 5.78 Å². The molecule has 0 aliphatic rings. The first-order chi connectivity index (χ1) is 24.4. The fraction of sp³-hybridized carbons (Fsp3) is 0.881. The van der Waals surface area contributed by atoms with Crippen molar-refractivity contribution in [2.45, 2.75) is 208 Å². The lowest BCUT2D eigenvalue weighted by molar-refractivity contribution is -0.125. The third kappa shape index (κ3) is 30.9. The van der Waals surface area contributed by atoms with Gasteiger partial charge in [0.05, 0.1) is 0 Å². The van der Waals surface area contributed by atoms with Crippen LogP contribution in [0.25, 0.3) is 0 Å². The minimum absolute atomic E-state index is 0.0185. The Hall–Kier alpha value is -2.45. The lowest BCUT2D eigenvalue weighted by Gasteiger charge is -2.22. The lowest BCUT2D eigenvalue weighted by Crippen LogP contribution is -2.43. The van der Waals surface area contributed by atoms with Crippen molar-refractivity contribution in [2.24, 2.45) is 17.8 Å². The molecule has 5 atom stereocenters. The maximum atomic E-state index is 13.3. The third-order valence-electron chi connectivity index (χ3n) is 9.80. The van der Waals surface area contributed by atoms with Gasteiger partial charge in [-0.1, -0.05) is 119 Å². The van der Waals surface area contributed by atoms with Crippen molar-refractivity contribution in [2.75, 3.05) is 13.1 Å². The molecule has 0 aliphatic heterocycles. The van der Waals surface area contributed by atoms with E-state index in [0.717, 1.165) is 77.0 Å². The molecule has 0 fully saturated rings. The van der Waals surface area contributed by atoms with Gasteiger partial charge in [-0.05, 0) is 63.2 Å². The molecule has 9 nitrogen and oxygen atoms in total. The second kappa shape index (κ2) is 32.2. The Bertz CT molecular complexity index is 942. The molecule has 0 heterocycles. The molecule has 0 aromatic rings. The Morgan fingerprint density at radius 3 is 1.12 bits per heavy atom. The fourth-order valence-electron chi connectivity index (χ4n) is 6.71. The molecule has 0 bridgehead atoms. The zero-order chi connectivity index (χ0) is 38.3. The molecule has 298 valence electrons. The van der Waals surface area contributed by atoms with E-state index in [2.05, 4.69) is 62.8 Å². The standard InChI is InChI=1S/C42H80N4O5/c1-8-11-14-21-33(4)28-39(48)43-26-19-17-24-37(31-36(7)47)45-42(51)32-38(46-41(50)30-35(6)23-16-13-10-3)25-18-20-27-44-40(49)29-34(5)22-15-12-9-2/h33-35,37-38H,8-32H2,1-7H3,(H,43,48)(H,44,49)(H,45,51)(H,46,50). The van der Waals surface area contributed by atoms with E-state index >= 15 is 0 Å². The SMILES string of the molecule is CCCCCC(C)CC(=O)NCCCCC(CC(C)=O)NC(=O)CC(CCCCNC(=O)CC(C)CCCCC)NC(=O)CC(C)CCCCC. The van der Waals surface area contributed by atoms with E-state index in [1.54, 1.807) is 0 Å². The van der Waals surface area contributed by atoms with Crippen LogP contribution in [0, 0.1) is 17.8 Å². The molecule has 4 amide bonds. The fourth-order valence-corrected chi connectivity index (χ4v) is 6.71. The summed E-state index contributed by atoms with van der Waals surface area (Å²) < 4.78 is 0. The van der Waals surface area contributed by atoms with E-state index in [9.17, 15) is 24.0 Å². The molecule has 0 radical (unpaired) electrons. The zero-order valence-electron chi connectivity index (χ0n) is 34.1. The third-order valence-corrected chi connectivity index (χ3v) is 9.80. The predicted octanol–water partition coefficient (Wildman–Crippen LogP) is 8.72. The molecule has 9 heteroatoms. The van der Waals surface area contributed by atoms with Crippen LogP contribution < -0.4 is 21.3 Å². The minimum atomic E-state index is -0.313. The summed E-state index contributed by atoms with van der Waals surface area (Å²) in [5.41, 5.74) is 0. The monoisotopic (exact) mass is 721 g/mol. The van der Waals surface area contributed by atoms with Crippen molar-refractivity contribution >= 4 is 29.4 Å². The lowest BCUT2D eigenvalue weighted by atomic mass is 9.98. The van der Waals surface area contributed by atoms with Gasteiger partial charge >= 0.3 is 0 Å². The summed E-state index contributed by atoms with van der Waals surface area (Å²) in [5.74, 6) is 1.05. The maximum absolute atomic E-state index is 13.3. The summed E-state index contributed by atoms with van der Waals surface area (Å²) in [6.07, 6.45) is 20.0. The van der Waals surface area contributed by atoms with E-state index in [4.69, 9.17) is 0 Å². The van der Waals surface area contributed by atoms with Gasteiger partial charge in [-0.15, -0.1) is 0 Å². The Balaban J connectivity index is 4.96. The molecule has 0 saturated heterocycles. The number of ketones is 1. The molecule has 51 heavy (non-hydrogen) atoms. The Morgan fingerprint density at radius 1 is 0.412 bits per heavy atom. The largest absolute Gasteiger partial charge is 0.356 e. The average molecular weight is 721 g/mol. The van der Waals surface area contributed by atoms with Crippen molar-refractivity contribution in [3.8, 4) is 0 Å². The van der Waals surface area contributed by atoms with Crippen LogP contribution in [-0.4, -0.2) is 54.6 Å². The van der Waals surface area contributed by atoms with Gasteiger partial charge in [0.2, 0.25) is 23.6 Å². The van der Waals surface area contributed by atoms with Crippen LogP contribution in [0.3, 0.4) is 0 Å². The zero-order valence-corrected chi connectivity index (χ0v) is 34.1. The van der Waals surface area contributed by atoms with Gasteiger partial charge in [0.15, 0.2) is 0 Å². The number of rotatable bonds is 34. The first-order valence-electron chi connectivity index (χ1n) is 21.0. The smallest absolute Gasteiger partial charge is 0.222 e. The van der Waals surface area contributed by atoms with E-state index in [1.807, 2.05) is 0 Å². The molecular formula is C42H80N4O5. The van der Waals surface area contributed by atoms with Gasteiger partial charge in [0, 0.05) is 57.3 Å². The van der Waals surface area contributed by atoms with Crippen molar-refractivity contribution < 1.29 is 24.0 Å². The van der Waals surface area contributed by atoms with E-state index in [1.165, 1.54) is 32.6 Å². The number of carbonyl (C=O) groups excluding carboxylic acids is 5. The summed E-state index contributed by atoms with van der Waals surface area (Å²) in [4.78, 5) is 63.1. The number of nitrogens with one attached hydrogen (secondary N) is 4. The first kappa shape index (κ1) is 48.5. The van der Waals surface area contributed by atoms with Gasteiger partial charge in [-0.3, -0.25) is 24.0 Å². The number of Topliss-reactive ketones (excluding diaryl/α,β-unsaturated/α-hetero) is 1. The Labute approximate surface area is 313 Å². The molecule has 0 rings (SSSR count). The molecule has 0 aromatic heterocycles. The minimum Gasteiger partial charge on any atom is -0.356 e. The normalized spacial score (nSPS) is 14.2. The molecule has 5 unspecified atom stereocenters. The summed E-state index contributed by atoms with van der Waals surface area (Å²) in [6.45, 7) is 15.6. The molecule has 0 aromatic carbocycles. The summed E-state index contributed by atoms with van der Waals surface area (Å²) in [5, 5.41) is 12.3. The average Bonchev–Trinajstić information content (AvgIpc) is 3.04. The number of carbonyl (C=O) groups is 5. The highest BCUT2D eigenvalue weighted by atomic mass is 16.2. The van der Waals surface area contributed by atoms with Crippen LogP contribution in [-0.2, 0) is 24.0 Å². The summed E-state index contributed by atoms with van der Waals surface area (Å²) >= 11 is 0. The second-order valence-corrected chi connectivity index (χ2v) is 15.7. The van der Waals surface area contributed by atoms with Gasteiger partial charge in [0.25, 0.3) is 0 Å². The van der Waals surface area contributed by atoms with Crippen molar-refractivity contribution in [3.63, 3.8) is 0 Å². The first-order valence-corrected chi connectivity index (χ1v) is 21.0. The van der Waals surface area contributed by atoms with Crippen LogP contribution in [0.2, 0.25) is 0 Å². The van der Waals surface area contributed by atoms with Crippen molar-refractivity contribution in [1.29, 1.82) is 0 Å². The van der Waals surface area contributed by atoms with Crippen molar-refractivity contribution in [3.05, 3.63) is 0 Å².